The molecule has 0 unspecified atom stereocenters. The van der Waals surface area contributed by atoms with E-state index in [0.29, 0.717) is 6.54 Å². The average molecular weight is 339 g/mol. The van der Waals surface area contributed by atoms with Crippen LogP contribution in [0.15, 0.2) is 42.5 Å². The molecule has 2 rings (SSSR count). The topological polar surface area (TPSA) is 3.24 Å². The Morgan fingerprint density at radius 1 is 1.04 bits per heavy atom. The Hall–Kier alpha value is -1.29. The van der Waals surface area contributed by atoms with Gasteiger partial charge in [0.1, 0.15) is 6.04 Å². The molecule has 0 spiro atoms. The van der Waals surface area contributed by atoms with Gasteiger partial charge in [0.2, 0.25) is 0 Å². The molecule has 134 valence electrons. The van der Waals surface area contributed by atoms with Crippen molar-refractivity contribution in [3.8, 4) is 0 Å². The Morgan fingerprint density at radius 3 is 2.42 bits per heavy atom. The highest BCUT2D eigenvalue weighted by molar-refractivity contribution is 5.16. The molecule has 1 heterocycles. The standard InChI is InChI=1S/C20H28F3N/c1-2-3-4-5-9-13-18-14-10-15-19(20(21,22)23)24(18)16-17-11-7-6-8-12-17/h6-8,10-12,14,18-19H,2-5,9,13,15-16H2,1H3/t18-,19+/m1/s1. The molecule has 0 aromatic heterocycles. The predicted molar refractivity (Wildman–Crippen MR) is 92.7 cm³/mol. The zero-order valence-electron chi connectivity index (χ0n) is 14.4. The van der Waals surface area contributed by atoms with Gasteiger partial charge in [0, 0.05) is 12.6 Å². The van der Waals surface area contributed by atoms with Crippen molar-refractivity contribution in [1.82, 2.24) is 4.90 Å². The molecule has 1 aromatic carbocycles. The Morgan fingerprint density at radius 2 is 1.75 bits per heavy atom. The fourth-order valence-corrected chi connectivity index (χ4v) is 3.40. The monoisotopic (exact) mass is 339 g/mol. The molecular formula is C20H28F3N. The molecule has 0 saturated heterocycles. The summed E-state index contributed by atoms with van der Waals surface area (Å²) in [6.45, 7) is 2.52. The second-order valence-electron chi connectivity index (χ2n) is 6.65. The third-order valence-electron chi connectivity index (χ3n) is 4.73. The number of halogens is 3. The van der Waals surface area contributed by atoms with Crippen LogP contribution in [-0.4, -0.2) is 23.2 Å². The summed E-state index contributed by atoms with van der Waals surface area (Å²) in [6.07, 6.45) is 6.04. The Labute approximate surface area is 143 Å². The third kappa shape index (κ3) is 5.66. The summed E-state index contributed by atoms with van der Waals surface area (Å²) >= 11 is 0. The Bertz CT molecular complexity index is 495. The molecule has 2 atom stereocenters. The van der Waals surface area contributed by atoms with E-state index in [4.69, 9.17) is 0 Å². The fourth-order valence-electron chi connectivity index (χ4n) is 3.40. The van der Waals surface area contributed by atoms with Crippen molar-refractivity contribution in [3.05, 3.63) is 48.0 Å². The maximum atomic E-state index is 13.5. The summed E-state index contributed by atoms with van der Waals surface area (Å²) in [5.41, 5.74) is 0.943. The SMILES string of the molecule is CCCCCCC[C@@H]1C=CC[C@@H](C(F)(F)F)N1Cc1ccccc1. The predicted octanol–water partition coefficient (Wildman–Crippen LogP) is 6.11. The maximum Gasteiger partial charge on any atom is 0.404 e. The number of hydrogen-bond donors (Lipinski definition) is 0. The average Bonchev–Trinajstić information content (AvgIpc) is 2.56. The highest BCUT2D eigenvalue weighted by Crippen LogP contribution is 2.34. The molecule has 0 radical (unpaired) electrons. The van der Waals surface area contributed by atoms with Crippen molar-refractivity contribution in [2.24, 2.45) is 0 Å². The van der Waals surface area contributed by atoms with Crippen LogP contribution in [0.2, 0.25) is 0 Å². The van der Waals surface area contributed by atoms with Crippen molar-refractivity contribution in [2.75, 3.05) is 0 Å². The molecule has 0 aliphatic carbocycles. The Balaban J connectivity index is 2.04. The van der Waals surface area contributed by atoms with Crippen LogP contribution in [0.5, 0.6) is 0 Å². The maximum absolute atomic E-state index is 13.5. The van der Waals surface area contributed by atoms with Crippen LogP contribution >= 0.6 is 0 Å². The van der Waals surface area contributed by atoms with E-state index in [1.165, 1.54) is 19.3 Å². The zero-order valence-corrected chi connectivity index (χ0v) is 14.4. The minimum Gasteiger partial charge on any atom is -0.281 e. The van der Waals surface area contributed by atoms with Gasteiger partial charge in [-0.1, -0.05) is 81.5 Å². The van der Waals surface area contributed by atoms with Crippen molar-refractivity contribution < 1.29 is 13.2 Å². The van der Waals surface area contributed by atoms with Gasteiger partial charge in [-0.15, -0.1) is 0 Å². The normalized spacial score (nSPS) is 22.0. The smallest absolute Gasteiger partial charge is 0.281 e. The quantitative estimate of drug-likeness (QED) is 0.408. The van der Waals surface area contributed by atoms with Crippen LogP contribution in [0.1, 0.15) is 57.4 Å². The molecule has 0 N–H and O–H groups in total. The molecule has 1 aliphatic heterocycles. The van der Waals surface area contributed by atoms with Crippen molar-refractivity contribution in [3.63, 3.8) is 0 Å². The van der Waals surface area contributed by atoms with Gasteiger partial charge in [-0.25, -0.2) is 0 Å². The number of unbranched alkanes of at least 4 members (excludes halogenated alkanes) is 4. The molecule has 1 aromatic rings. The van der Waals surface area contributed by atoms with Gasteiger partial charge in [0.15, 0.2) is 0 Å². The number of alkyl halides is 3. The number of nitrogens with zero attached hydrogens (tertiary/aromatic N) is 1. The van der Waals surface area contributed by atoms with Crippen LogP contribution in [0.4, 0.5) is 13.2 Å². The highest BCUT2D eigenvalue weighted by Gasteiger charge is 2.45. The molecule has 4 heteroatoms. The van der Waals surface area contributed by atoms with E-state index in [-0.39, 0.29) is 12.5 Å². The molecule has 1 aliphatic rings. The van der Waals surface area contributed by atoms with Crippen LogP contribution in [-0.2, 0) is 6.54 Å². The number of hydrogen-bond acceptors (Lipinski definition) is 1. The minimum atomic E-state index is -4.18. The lowest BCUT2D eigenvalue weighted by atomic mass is 9.96. The molecule has 0 bridgehead atoms. The van der Waals surface area contributed by atoms with Gasteiger partial charge < -0.3 is 0 Å². The van der Waals surface area contributed by atoms with Crippen molar-refractivity contribution in [1.29, 1.82) is 0 Å². The summed E-state index contributed by atoms with van der Waals surface area (Å²) < 4.78 is 40.4. The van der Waals surface area contributed by atoms with E-state index in [2.05, 4.69) is 6.92 Å². The minimum absolute atomic E-state index is 0.0582. The summed E-state index contributed by atoms with van der Waals surface area (Å²) in [7, 11) is 0. The lowest BCUT2D eigenvalue weighted by molar-refractivity contribution is -0.190. The van der Waals surface area contributed by atoms with E-state index in [9.17, 15) is 13.2 Å². The van der Waals surface area contributed by atoms with E-state index in [1.54, 1.807) is 11.0 Å². The van der Waals surface area contributed by atoms with Gasteiger partial charge in [0.05, 0.1) is 0 Å². The largest absolute Gasteiger partial charge is 0.404 e. The summed E-state index contributed by atoms with van der Waals surface area (Å²) in [4.78, 5) is 1.65. The van der Waals surface area contributed by atoms with E-state index < -0.39 is 12.2 Å². The first-order valence-electron chi connectivity index (χ1n) is 9.05. The lowest BCUT2D eigenvalue weighted by Crippen LogP contribution is -2.51. The zero-order chi connectivity index (χ0) is 17.4. The van der Waals surface area contributed by atoms with E-state index in [0.717, 1.165) is 24.8 Å². The summed E-state index contributed by atoms with van der Waals surface area (Å²) in [6, 6.07) is 7.99. The van der Waals surface area contributed by atoms with Crippen molar-refractivity contribution >= 4 is 0 Å². The van der Waals surface area contributed by atoms with E-state index in [1.807, 2.05) is 36.4 Å². The molecule has 0 saturated carbocycles. The van der Waals surface area contributed by atoms with Gasteiger partial charge in [-0.05, 0) is 18.4 Å². The van der Waals surface area contributed by atoms with Gasteiger partial charge in [-0.3, -0.25) is 4.90 Å². The van der Waals surface area contributed by atoms with Crippen LogP contribution in [0.3, 0.4) is 0 Å². The molecule has 24 heavy (non-hydrogen) atoms. The Kier molecular flexibility index (Phi) is 7.35. The lowest BCUT2D eigenvalue weighted by Gasteiger charge is -2.40. The second kappa shape index (κ2) is 9.26. The molecule has 0 fully saturated rings. The summed E-state index contributed by atoms with van der Waals surface area (Å²) in [5.74, 6) is 0. The second-order valence-corrected chi connectivity index (χ2v) is 6.65. The number of rotatable bonds is 8. The first kappa shape index (κ1) is 19.0. The van der Waals surface area contributed by atoms with Crippen molar-refractivity contribution in [2.45, 2.75) is 76.7 Å². The van der Waals surface area contributed by atoms with Gasteiger partial charge in [-0.2, -0.15) is 13.2 Å². The first-order valence-corrected chi connectivity index (χ1v) is 9.05. The van der Waals surface area contributed by atoms with E-state index >= 15 is 0 Å². The number of benzene rings is 1. The fraction of sp³-hybridized carbons (Fsp3) is 0.600. The molecule has 0 amide bonds. The molecule has 1 nitrogen and oxygen atoms in total. The summed E-state index contributed by atoms with van der Waals surface area (Å²) in [5, 5.41) is 0. The van der Waals surface area contributed by atoms with Crippen LogP contribution in [0, 0.1) is 0 Å². The van der Waals surface area contributed by atoms with Gasteiger partial charge in [0.25, 0.3) is 0 Å². The van der Waals surface area contributed by atoms with Crippen LogP contribution in [0.25, 0.3) is 0 Å². The highest BCUT2D eigenvalue weighted by atomic mass is 19.4. The third-order valence-corrected chi connectivity index (χ3v) is 4.73. The van der Waals surface area contributed by atoms with Crippen LogP contribution < -0.4 is 0 Å². The van der Waals surface area contributed by atoms with Gasteiger partial charge >= 0.3 is 6.18 Å². The first-order chi connectivity index (χ1) is 11.5. The molecular weight excluding hydrogens is 311 g/mol.